The van der Waals surface area contributed by atoms with Gasteiger partial charge in [-0.05, 0) is 42.8 Å². The van der Waals surface area contributed by atoms with Crippen molar-refractivity contribution in [1.29, 1.82) is 0 Å². The van der Waals surface area contributed by atoms with Crippen LogP contribution in [0.1, 0.15) is 18.5 Å². The van der Waals surface area contributed by atoms with Crippen LogP contribution in [-0.4, -0.2) is 45.6 Å². The summed E-state index contributed by atoms with van der Waals surface area (Å²) in [6.07, 6.45) is 1.42. The highest BCUT2D eigenvalue weighted by molar-refractivity contribution is 7.99. The molecule has 9 nitrogen and oxygen atoms in total. The van der Waals surface area contributed by atoms with Crippen LogP contribution in [0, 0.1) is 0 Å². The highest BCUT2D eigenvalue weighted by atomic mass is 35.5. The third-order valence-corrected chi connectivity index (χ3v) is 6.40. The van der Waals surface area contributed by atoms with Crippen LogP contribution in [0.15, 0.2) is 58.6 Å². The fourth-order valence-electron chi connectivity index (χ4n) is 3.38. The Bertz CT molecular complexity index is 1390. The lowest BCUT2D eigenvalue weighted by Gasteiger charge is -2.16. The van der Waals surface area contributed by atoms with Crippen LogP contribution in [0.3, 0.4) is 0 Å². The summed E-state index contributed by atoms with van der Waals surface area (Å²) in [6.45, 7) is 1.90. The lowest BCUT2D eigenvalue weighted by atomic mass is 10.1. The summed E-state index contributed by atoms with van der Waals surface area (Å²) < 4.78 is 11.8. The lowest BCUT2D eigenvalue weighted by Crippen LogP contribution is -2.29. The number of nitrogens with zero attached hydrogens (tertiary/aromatic N) is 3. The molecule has 0 aliphatic rings. The van der Waals surface area contributed by atoms with Crippen LogP contribution in [0.4, 0.5) is 0 Å². The van der Waals surface area contributed by atoms with Gasteiger partial charge in [0.1, 0.15) is 16.9 Å². The number of methoxy groups -OCH3 is 2. The van der Waals surface area contributed by atoms with Crippen LogP contribution >= 0.6 is 23.4 Å². The second kappa shape index (κ2) is 10.2. The van der Waals surface area contributed by atoms with E-state index >= 15 is 0 Å². The van der Waals surface area contributed by atoms with Gasteiger partial charge in [-0.25, -0.2) is 4.98 Å². The molecule has 4 rings (SSSR count). The first-order valence-electron chi connectivity index (χ1n) is 10.3. The fraction of sp³-hybridized carbons (Fsp3) is 0.217. The van der Waals surface area contributed by atoms with E-state index in [1.165, 1.54) is 17.9 Å². The summed E-state index contributed by atoms with van der Waals surface area (Å²) in [5.41, 5.74) is 1.46. The van der Waals surface area contributed by atoms with Gasteiger partial charge in [0, 0.05) is 0 Å². The fourth-order valence-corrected chi connectivity index (χ4v) is 4.45. The van der Waals surface area contributed by atoms with Crippen molar-refractivity contribution in [3.05, 3.63) is 69.6 Å². The molecule has 11 heteroatoms. The van der Waals surface area contributed by atoms with Gasteiger partial charge >= 0.3 is 0 Å². The first-order valence-corrected chi connectivity index (χ1v) is 11.6. The Labute approximate surface area is 204 Å². The minimum atomic E-state index is -0.325. The van der Waals surface area contributed by atoms with Gasteiger partial charge in [0.25, 0.3) is 5.56 Å². The number of halogens is 1. The molecule has 2 N–H and O–H groups in total. The van der Waals surface area contributed by atoms with Gasteiger partial charge in [-0.3, -0.25) is 19.3 Å². The second-order valence-corrected chi connectivity index (χ2v) is 8.69. The van der Waals surface area contributed by atoms with Crippen molar-refractivity contribution < 1.29 is 14.3 Å². The molecule has 4 aromatic rings. The molecular weight excluding hydrogens is 478 g/mol. The average Bonchev–Trinajstić information content (AvgIpc) is 3.32. The topological polar surface area (TPSA) is 111 Å². The number of amides is 1. The summed E-state index contributed by atoms with van der Waals surface area (Å²) in [6, 6.07) is 12.3. The number of aromatic amines is 1. The van der Waals surface area contributed by atoms with Crippen LogP contribution < -0.4 is 20.3 Å². The summed E-state index contributed by atoms with van der Waals surface area (Å²) in [5, 5.41) is 10.6. The van der Waals surface area contributed by atoms with Gasteiger partial charge in [-0.2, -0.15) is 5.10 Å². The van der Waals surface area contributed by atoms with Crippen molar-refractivity contribution in [2.45, 2.75) is 18.1 Å². The van der Waals surface area contributed by atoms with E-state index in [9.17, 15) is 9.59 Å². The Morgan fingerprint density at radius 2 is 1.97 bits per heavy atom. The standard InChI is InChI=1S/C23H22ClN5O4S/c1-13(14-4-7-16(32-2)8-5-14)26-20(30)12-34-23-27-21-17(11-25-28-21)22(31)29(23)15-6-9-19(33-3)18(24)10-15/h4-11,13H,12H2,1-3H3,(H,25,28)(H,26,30)/t13-/m0/s1. The zero-order chi connectivity index (χ0) is 24.2. The van der Waals surface area contributed by atoms with Crippen LogP contribution in [0.2, 0.25) is 5.02 Å². The largest absolute Gasteiger partial charge is 0.497 e. The molecule has 0 aliphatic carbocycles. The normalized spacial score (nSPS) is 11.9. The first-order chi connectivity index (χ1) is 16.4. The molecular formula is C23H22ClN5O4S. The molecule has 0 radical (unpaired) electrons. The van der Waals surface area contributed by atoms with Crippen molar-refractivity contribution in [3.8, 4) is 17.2 Å². The van der Waals surface area contributed by atoms with Gasteiger partial charge in [-0.1, -0.05) is 35.5 Å². The quantitative estimate of drug-likeness (QED) is 0.280. The minimum absolute atomic E-state index is 0.0520. The van der Waals surface area contributed by atoms with Crippen LogP contribution in [0.5, 0.6) is 11.5 Å². The van der Waals surface area contributed by atoms with Gasteiger partial charge < -0.3 is 14.8 Å². The predicted octanol–water partition coefficient (Wildman–Crippen LogP) is 3.75. The highest BCUT2D eigenvalue weighted by Gasteiger charge is 2.18. The maximum Gasteiger partial charge on any atom is 0.269 e. The molecule has 2 aromatic heterocycles. The van der Waals surface area contributed by atoms with Gasteiger partial charge in [0.2, 0.25) is 5.91 Å². The number of H-pyrrole nitrogens is 1. The Hall–Kier alpha value is -3.50. The van der Waals surface area contributed by atoms with E-state index in [-0.39, 0.29) is 23.3 Å². The SMILES string of the molecule is COc1ccc([C@H](C)NC(=O)CSc2nc3[nH]ncc3c(=O)n2-c2ccc(OC)c(Cl)c2)cc1. The Morgan fingerprint density at radius 3 is 2.65 bits per heavy atom. The zero-order valence-corrected chi connectivity index (χ0v) is 20.2. The molecule has 1 amide bonds. The van der Waals surface area contributed by atoms with Gasteiger partial charge in [-0.15, -0.1) is 0 Å². The molecule has 0 saturated carbocycles. The number of benzene rings is 2. The number of ether oxygens (including phenoxy) is 2. The van der Waals surface area contributed by atoms with E-state index in [0.717, 1.165) is 23.1 Å². The summed E-state index contributed by atoms with van der Waals surface area (Å²) >= 11 is 7.42. The number of hydrogen-bond donors (Lipinski definition) is 2. The molecule has 0 spiro atoms. The maximum atomic E-state index is 13.2. The molecule has 2 heterocycles. The Balaban J connectivity index is 1.57. The molecule has 0 aliphatic heterocycles. The predicted molar refractivity (Wildman–Crippen MR) is 131 cm³/mol. The van der Waals surface area contributed by atoms with E-state index in [4.69, 9.17) is 21.1 Å². The number of hydrogen-bond acceptors (Lipinski definition) is 7. The third-order valence-electron chi connectivity index (χ3n) is 5.17. The highest BCUT2D eigenvalue weighted by Crippen LogP contribution is 2.28. The third kappa shape index (κ3) is 4.87. The molecule has 176 valence electrons. The molecule has 0 bridgehead atoms. The van der Waals surface area contributed by atoms with E-state index in [2.05, 4.69) is 20.5 Å². The van der Waals surface area contributed by atoms with Crippen molar-refractivity contribution in [1.82, 2.24) is 25.1 Å². The number of carbonyl (C=O) groups excluding carboxylic acids is 1. The van der Waals surface area contributed by atoms with Gasteiger partial charge in [0.05, 0.1) is 42.9 Å². The molecule has 0 fully saturated rings. The van der Waals surface area contributed by atoms with E-state index in [0.29, 0.717) is 32.6 Å². The number of nitrogens with one attached hydrogen (secondary N) is 2. The Kier molecular flexibility index (Phi) is 7.09. The second-order valence-electron chi connectivity index (χ2n) is 7.34. The van der Waals surface area contributed by atoms with E-state index < -0.39 is 0 Å². The average molecular weight is 500 g/mol. The monoisotopic (exact) mass is 499 g/mol. The molecule has 1 atom stereocenters. The number of carbonyl (C=O) groups is 1. The van der Waals surface area contributed by atoms with Crippen molar-refractivity contribution in [3.63, 3.8) is 0 Å². The van der Waals surface area contributed by atoms with E-state index in [1.54, 1.807) is 25.3 Å². The number of fused-ring (bicyclic) bond motifs is 1. The van der Waals surface area contributed by atoms with E-state index in [1.807, 2.05) is 31.2 Å². The molecule has 0 unspecified atom stereocenters. The lowest BCUT2D eigenvalue weighted by molar-refractivity contribution is -0.119. The zero-order valence-electron chi connectivity index (χ0n) is 18.7. The smallest absolute Gasteiger partial charge is 0.269 e. The Morgan fingerprint density at radius 1 is 1.21 bits per heavy atom. The molecule has 0 saturated heterocycles. The van der Waals surface area contributed by atoms with Gasteiger partial charge in [0.15, 0.2) is 10.8 Å². The van der Waals surface area contributed by atoms with Crippen molar-refractivity contribution in [2.24, 2.45) is 0 Å². The number of rotatable bonds is 8. The summed E-state index contributed by atoms with van der Waals surface area (Å²) in [4.78, 5) is 30.4. The molecule has 34 heavy (non-hydrogen) atoms. The number of thioether (sulfide) groups is 1. The molecule has 2 aromatic carbocycles. The summed E-state index contributed by atoms with van der Waals surface area (Å²) in [5.74, 6) is 1.08. The van der Waals surface area contributed by atoms with Crippen molar-refractivity contribution in [2.75, 3.05) is 20.0 Å². The van der Waals surface area contributed by atoms with Crippen molar-refractivity contribution >= 4 is 40.3 Å². The maximum absolute atomic E-state index is 13.2. The van der Waals surface area contributed by atoms with Crippen LogP contribution in [-0.2, 0) is 4.79 Å². The first kappa shape index (κ1) is 23.7. The number of aromatic nitrogens is 4. The minimum Gasteiger partial charge on any atom is -0.497 e. The van der Waals surface area contributed by atoms with Crippen LogP contribution in [0.25, 0.3) is 16.7 Å². The summed E-state index contributed by atoms with van der Waals surface area (Å²) in [7, 11) is 3.12.